The molecular weight excluding hydrogens is 392 g/mol. The predicted molar refractivity (Wildman–Crippen MR) is 116 cm³/mol. The van der Waals surface area contributed by atoms with Gasteiger partial charge in [-0.2, -0.15) is 0 Å². The topological polar surface area (TPSA) is 60.9 Å². The molecule has 0 N–H and O–H groups in total. The largest absolute Gasteiger partial charge is 0.494 e. The summed E-state index contributed by atoms with van der Waals surface area (Å²) >= 11 is 0. The van der Waals surface area contributed by atoms with Crippen LogP contribution in [0, 0.1) is 0 Å². The Hall–Kier alpha value is -3.64. The lowest BCUT2D eigenvalue weighted by molar-refractivity contribution is 0.0861. The Kier molecular flexibility index (Phi) is 5.14. The van der Waals surface area contributed by atoms with Crippen molar-refractivity contribution in [1.29, 1.82) is 0 Å². The fraction of sp³-hybridized carbons (Fsp3) is 0.200. The number of Topliss-reactive ketones (excluding diaryl/α,β-unsaturated/α-hetero) is 1. The molecule has 0 amide bonds. The Morgan fingerprint density at radius 2 is 2.00 bits per heavy atom. The molecule has 6 heteroatoms. The first kappa shape index (κ1) is 19.3. The lowest BCUT2D eigenvalue weighted by Crippen LogP contribution is -2.32. The van der Waals surface area contributed by atoms with Gasteiger partial charge in [0.25, 0.3) is 0 Å². The Bertz CT molecular complexity index is 1140. The molecule has 5 rings (SSSR count). The highest BCUT2D eigenvalue weighted by atomic mass is 16.5. The van der Waals surface area contributed by atoms with Crippen molar-refractivity contribution in [2.45, 2.75) is 20.0 Å². The summed E-state index contributed by atoms with van der Waals surface area (Å²) in [6, 6.07) is 17.1. The van der Waals surface area contributed by atoms with Crippen LogP contribution in [-0.4, -0.2) is 29.0 Å². The monoisotopic (exact) mass is 414 g/mol. The maximum Gasteiger partial charge on any atom is 0.231 e. The number of allylic oxidation sites excluding steroid dienone is 1. The number of nitrogens with zero attached hydrogens (tertiary/aromatic N) is 2. The SMILES string of the molecule is CCOc1ccc(/C=C2\Oc3c(ccc4c3CN(Cc3ccccn3)CO4)C2=O)cc1. The van der Waals surface area contributed by atoms with Crippen LogP contribution in [0.2, 0.25) is 0 Å². The Labute approximate surface area is 180 Å². The van der Waals surface area contributed by atoms with Gasteiger partial charge in [-0.1, -0.05) is 18.2 Å². The summed E-state index contributed by atoms with van der Waals surface area (Å²) in [5, 5.41) is 0. The number of hydrogen-bond acceptors (Lipinski definition) is 6. The van der Waals surface area contributed by atoms with Crippen LogP contribution in [-0.2, 0) is 13.1 Å². The summed E-state index contributed by atoms with van der Waals surface area (Å²) in [5.74, 6) is 2.34. The molecule has 31 heavy (non-hydrogen) atoms. The lowest BCUT2D eigenvalue weighted by atomic mass is 10.0. The van der Waals surface area contributed by atoms with Crippen LogP contribution in [0.1, 0.15) is 34.1 Å². The van der Waals surface area contributed by atoms with Gasteiger partial charge in [0.2, 0.25) is 5.78 Å². The van der Waals surface area contributed by atoms with Gasteiger partial charge in [0, 0.05) is 19.3 Å². The number of fused-ring (bicyclic) bond motifs is 3. The average molecular weight is 414 g/mol. The second-order valence-electron chi connectivity index (χ2n) is 7.44. The number of rotatable bonds is 5. The van der Waals surface area contributed by atoms with Crippen LogP contribution < -0.4 is 14.2 Å². The van der Waals surface area contributed by atoms with Crippen LogP contribution in [0.15, 0.2) is 66.6 Å². The molecule has 0 atom stereocenters. The third-order valence-corrected chi connectivity index (χ3v) is 5.28. The van der Waals surface area contributed by atoms with E-state index in [2.05, 4.69) is 9.88 Å². The number of hydrogen-bond donors (Lipinski definition) is 0. The molecule has 0 spiro atoms. The molecule has 3 aromatic rings. The van der Waals surface area contributed by atoms with Crippen molar-refractivity contribution in [3.63, 3.8) is 0 Å². The van der Waals surface area contributed by atoms with E-state index in [-0.39, 0.29) is 5.78 Å². The fourth-order valence-electron chi connectivity index (χ4n) is 3.80. The van der Waals surface area contributed by atoms with Crippen LogP contribution in [0.5, 0.6) is 17.2 Å². The van der Waals surface area contributed by atoms with Crippen LogP contribution in [0.3, 0.4) is 0 Å². The average Bonchev–Trinajstić information content (AvgIpc) is 3.12. The predicted octanol–water partition coefficient (Wildman–Crippen LogP) is 4.45. The van der Waals surface area contributed by atoms with E-state index in [0.717, 1.165) is 28.3 Å². The fourth-order valence-corrected chi connectivity index (χ4v) is 3.80. The number of aromatic nitrogens is 1. The van der Waals surface area contributed by atoms with Crippen molar-refractivity contribution in [1.82, 2.24) is 9.88 Å². The second kappa shape index (κ2) is 8.24. The van der Waals surface area contributed by atoms with Crippen LogP contribution in [0.25, 0.3) is 6.08 Å². The zero-order chi connectivity index (χ0) is 21.2. The van der Waals surface area contributed by atoms with Gasteiger partial charge in [-0.25, -0.2) is 0 Å². The standard InChI is InChI=1S/C25H22N2O4/c1-2-29-19-8-6-17(7-9-19)13-23-24(28)20-10-11-22-21(25(20)31-23)15-27(16-30-22)14-18-5-3-4-12-26-18/h3-13H,2,14-16H2,1H3/b23-13-. The maximum atomic E-state index is 12.9. The van der Waals surface area contributed by atoms with Gasteiger partial charge in [0.15, 0.2) is 5.76 Å². The number of carbonyl (C=O) groups is 1. The molecular formula is C25H22N2O4. The zero-order valence-corrected chi connectivity index (χ0v) is 17.2. The summed E-state index contributed by atoms with van der Waals surface area (Å²) < 4.78 is 17.5. The maximum absolute atomic E-state index is 12.9. The highest BCUT2D eigenvalue weighted by molar-refractivity contribution is 6.15. The molecule has 0 bridgehead atoms. The highest BCUT2D eigenvalue weighted by Gasteiger charge is 2.33. The van der Waals surface area contributed by atoms with Gasteiger partial charge in [-0.05, 0) is 55.0 Å². The number of carbonyl (C=O) groups excluding carboxylic acids is 1. The van der Waals surface area contributed by atoms with Crippen LogP contribution in [0.4, 0.5) is 0 Å². The van der Waals surface area contributed by atoms with Crippen molar-refractivity contribution in [2.75, 3.05) is 13.3 Å². The van der Waals surface area contributed by atoms with E-state index in [1.807, 2.05) is 55.5 Å². The molecule has 0 saturated heterocycles. The van der Waals surface area contributed by atoms with Gasteiger partial charge < -0.3 is 14.2 Å². The third-order valence-electron chi connectivity index (χ3n) is 5.28. The van der Waals surface area contributed by atoms with E-state index in [4.69, 9.17) is 14.2 Å². The summed E-state index contributed by atoms with van der Waals surface area (Å²) in [6.45, 7) is 4.30. The smallest absolute Gasteiger partial charge is 0.231 e. The first-order valence-electron chi connectivity index (χ1n) is 10.3. The summed E-state index contributed by atoms with van der Waals surface area (Å²) in [4.78, 5) is 19.5. The summed E-state index contributed by atoms with van der Waals surface area (Å²) in [5.41, 5.74) is 3.30. The Morgan fingerprint density at radius 1 is 1.13 bits per heavy atom. The lowest BCUT2D eigenvalue weighted by Gasteiger charge is -2.29. The summed E-state index contributed by atoms with van der Waals surface area (Å²) in [6.07, 6.45) is 3.55. The van der Waals surface area contributed by atoms with Crippen molar-refractivity contribution in [2.24, 2.45) is 0 Å². The minimum atomic E-state index is -0.117. The van der Waals surface area contributed by atoms with Gasteiger partial charge in [-0.3, -0.25) is 14.7 Å². The third kappa shape index (κ3) is 3.90. The minimum Gasteiger partial charge on any atom is -0.494 e. The van der Waals surface area contributed by atoms with E-state index >= 15 is 0 Å². The highest BCUT2D eigenvalue weighted by Crippen LogP contribution is 2.42. The molecule has 0 unspecified atom stereocenters. The number of benzene rings is 2. The molecule has 2 aliphatic heterocycles. The van der Waals surface area contributed by atoms with E-state index in [1.54, 1.807) is 18.3 Å². The van der Waals surface area contributed by atoms with Gasteiger partial charge in [-0.15, -0.1) is 0 Å². The Balaban J connectivity index is 1.39. The number of ether oxygens (including phenoxy) is 3. The number of ketones is 1. The van der Waals surface area contributed by atoms with Crippen molar-refractivity contribution in [3.05, 3.63) is 88.9 Å². The van der Waals surface area contributed by atoms with Crippen molar-refractivity contribution < 1.29 is 19.0 Å². The summed E-state index contributed by atoms with van der Waals surface area (Å²) in [7, 11) is 0. The molecule has 156 valence electrons. The molecule has 0 aliphatic carbocycles. The van der Waals surface area contributed by atoms with Gasteiger partial charge >= 0.3 is 0 Å². The first-order chi connectivity index (χ1) is 15.2. The molecule has 0 fully saturated rings. The number of pyridine rings is 1. The molecule has 3 heterocycles. The first-order valence-corrected chi connectivity index (χ1v) is 10.3. The molecule has 0 radical (unpaired) electrons. The molecule has 6 nitrogen and oxygen atoms in total. The molecule has 0 saturated carbocycles. The van der Waals surface area contributed by atoms with E-state index in [1.165, 1.54) is 0 Å². The normalized spacial score (nSPS) is 16.4. The van der Waals surface area contributed by atoms with Gasteiger partial charge in [0.1, 0.15) is 24.0 Å². The zero-order valence-electron chi connectivity index (χ0n) is 17.2. The molecule has 1 aromatic heterocycles. The van der Waals surface area contributed by atoms with E-state index < -0.39 is 0 Å². The molecule has 2 aliphatic rings. The van der Waals surface area contributed by atoms with E-state index in [9.17, 15) is 4.79 Å². The second-order valence-corrected chi connectivity index (χ2v) is 7.44. The van der Waals surface area contributed by atoms with Crippen molar-refractivity contribution >= 4 is 11.9 Å². The quantitative estimate of drug-likeness (QED) is 0.575. The van der Waals surface area contributed by atoms with Gasteiger partial charge in [0.05, 0.1) is 23.4 Å². The van der Waals surface area contributed by atoms with Crippen LogP contribution >= 0.6 is 0 Å². The van der Waals surface area contributed by atoms with Crippen molar-refractivity contribution in [3.8, 4) is 17.2 Å². The minimum absolute atomic E-state index is 0.117. The van der Waals surface area contributed by atoms with E-state index in [0.29, 0.717) is 43.5 Å². The molecule has 2 aromatic carbocycles. The Morgan fingerprint density at radius 3 is 2.77 bits per heavy atom.